The summed E-state index contributed by atoms with van der Waals surface area (Å²) in [7, 11) is 4.91. The first kappa shape index (κ1) is 27.9. The number of thiazole rings is 1. The molecule has 4 rings (SSSR count). The maximum atomic E-state index is 12.5. The van der Waals surface area contributed by atoms with Crippen molar-refractivity contribution < 1.29 is 19.1 Å². The lowest BCUT2D eigenvalue weighted by Crippen LogP contribution is -2.22. The smallest absolute Gasteiger partial charge is 0.244 e. The summed E-state index contributed by atoms with van der Waals surface area (Å²) in [6.07, 6.45) is 3.11. The van der Waals surface area contributed by atoms with Crippen LogP contribution in [0.2, 0.25) is 0 Å². The van der Waals surface area contributed by atoms with Crippen LogP contribution in [-0.4, -0.2) is 51.5 Å². The summed E-state index contributed by atoms with van der Waals surface area (Å²) in [6, 6.07) is 15.2. The van der Waals surface area contributed by atoms with Crippen molar-refractivity contribution in [2.75, 3.05) is 25.3 Å². The number of hydrogen-bond acceptors (Lipinski definition) is 9. The molecule has 202 valence electrons. The summed E-state index contributed by atoms with van der Waals surface area (Å²) >= 11 is 2.69. The molecule has 0 atom stereocenters. The molecule has 2 amide bonds. The number of nitrogens with one attached hydrogen (secondary N) is 2. The van der Waals surface area contributed by atoms with Gasteiger partial charge in [0.15, 0.2) is 27.6 Å². The highest BCUT2D eigenvalue weighted by atomic mass is 32.2. The lowest BCUT2D eigenvalue weighted by Gasteiger charge is -2.07. The summed E-state index contributed by atoms with van der Waals surface area (Å²) in [6.45, 7) is 2.17. The first-order valence-corrected chi connectivity index (χ1v) is 13.7. The Morgan fingerprint density at radius 1 is 1.08 bits per heavy atom. The third-order valence-corrected chi connectivity index (χ3v) is 7.51. The topological polar surface area (TPSA) is 120 Å². The number of methoxy groups -OCH3 is 2. The van der Waals surface area contributed by atoms with Crippen LogP contribution in [0.3, 0.4) is 0 Å². The summed E-state index contributed by atoms with van der Waals surface area (Å²) in [5.74, 6) is 1.43. The molecule has 4 aromatic rings. The number of carbonyl (C=O) groups excluding carboxylic acids is 2. The number of thioether (sulfide) groups is 1. The van der Waals surface area contributed by atoms with Gasteiger partial charge in [-0.05, 0) is 30.7 Å². The van der Waals surface area contributed by atoms with Gasteiger partial charge in [0.25, 0.3) is 0 Å². The van der Waals surface area contributed by atoms with E-state index in [0.717, 1.165) is 21.7 Å². The van der Waals surface area contributed by atoms with Gasteiger partial charge < -0.3 is 24.7 Å². The maximum absolute atomic E-state index is 12.5. The van der Waals surface area contributed by atoms with Crippen molar-refractivity contribution >= 4 is 46.1 Å². The highest BCUT2D eigenvalue weighted by molar-refractivity contribution is 7.99. The molecule has 0 aliphatic rings. The molecular formula is C27H28N6O4S2. The van der Waals surface area contributed by atoms with Gasteiger partial charge in [-0.1, -0.05) is 48.2 Å². The molecule has 0 spiro atoms. The van der Waals surface area contributed by atoms with Gasteiger partial charge in [0.1, 0.15) is 0 Å². The molecule has 0 saturated carbocycles. The molecule has 39 heavy (non-hydrogen) atoms. The number of anilines is 1. The first-order chi connectivity index (χ1) is 18.9. The summed E-state index contributed by atoms with van der Waals surface area (Å²) < 4.78 is 12.3. The van der Waals surface area contributed by atoms with Gasteiger partial charge in [0.05, 0.1) is 32.2 Å². The second-order valence-corrected chi connectivity index (χ2v) is 10.4. The number of aromatic nitrogens is 4. The average molecular weight is 565 g/mol. The van der Waals surface area contributed by atoms with Crippen LogP contribution in [0.15, 0.2) is 59.8 Å². The van der Waals surface area contributed by atoms with Gasteiger partial charge in [0, 0.05) is 23.6 Å². The van der Waals surface area contributed by atoms with Gasteiger partial charge in [-0.25, -0.2) is 4.98 Å². The number of aryl methyl sites for hydroxylation is 1. The van der Waals surface area contributed by atoms with Crippen molar-refractivity contribution in [3.8, 4) is 22.8 Å². The minimum Gasteiger partial charge on any atom is -0.493 e. The van der Waals surface area contributed by atoms with Gasteiger partial charge in [0.2, 0.25) is 11.8 Å². The Morgan fingerprint density at radius 3 is 2.59 bits per heavy atom. The van der Waals surface area contributed by atoms with E-state index in [1.54, 1.807) is 44.0 Å². The molecule has 12 heteroatoms. The van der Waals surface area contributed by atoms with Crippen LogP contribution in [0.1, 0.15) is 16.3 Å². The molecule has 2 aromatic carbocycles. The van der Waals surface area contributed by atoms with Crippen LogP contribution in [0.4, 0.5) is 5.13 Å². The highest BCUT2D eigenvalue weighted by Gasteiger charge is 2.15. The van der Waals surface area contributed by atoms with E-state index in [1.165, 1.54) is 29.2 Å². The van der Waals surface area contributed by atoms with Gasteiger partial charge in [-0.3, -0.25) is 9.59 Å². The van der Waals surface area contributed by atoms with Crippen molar-refractivity contribution in [3.05, 3.63) is 70.9 Å². The third kappa shape index (κ3) is 7.24. The predicted molar refractivity (Wildman–Crippen MR) is 153 cm³/mol. The molecule has 0 bridgehead atoms. The van der Waals surface area contributed by atoms with Crippen molar-refractivity contribution in [2.45, 2.75) is 18.6 Å². The molecule has 0 unspecified atom stereocenters. The van der Waals surface area contributed by atoms with Gasteiger partial charge >= 0.3 is 0 Å². The number of nitrogens with zero attached hydrogens (tertiary/aromatic N) is 4. The lowest BCUT2D eigenvalue weighted by molar-refractivity contribution is -0.116. The Balaban J connectivity index is 1.27. The maximum Gasteiger partial charge on any atom is 0.244 e. The number of benzene rings is 2. The zero-order valence-electron chi connectivity index (χ0n) is 21.9. The molecule has 0 fully saturated rings. The number of carbonyl (C=O) groups is 2. The molecule has 0 aliphatic carbocycles. The second kappa shape index (κ2) is 13.1. The minimum atomic E-state index is -0.282. The van der Waals surface area contributed by atoms with Crippen molar-refractivity contribution in [1.29, 1.82) is 0 Å². The largest absolute Gasteiger partial charge is 0.493 e. The second-order valence-electron chi connectivity index (χ2n) is 8.25. The average Bonchev–Trinajstić information content (AvgIpc) is 3.50. The van der Waals surface area contributed by atoms with Gasteiger partial charge in [-0.15, -0.1) is 21.5 Å². The SMILES string of the molecule is COc1ccc(C=CC(=O)NCc2nnc(SCC(=O)Nc3nc(-c4ccccc4)c(C)s3)n2C)cc1OC. The summed E-state index contributed by atoms with van der Waals surface area (Å²) in [4.78, 5) is 30.5. The zero-order valence-corrected chi connectivity index (χ0v) is 23.6. The zero-order chi connectivity index (χ0) is 27.8. The normalized spacial score (nSPS) is 11.0. The minimum absolute atomic E-state index is 0.145. The van der Waals surface area contributed by atoms with E-state index in [0.29, 0.717) is 27.6 Å². The Hall–Kier alpha value is -4.16. The Bertz CT molecular complexity index is 1480. The summed E-state index contributed by atoms with van der Waals surface area (Å²) in [5, 5.41) is 15.1. The van der Waals surface area contributed by atoms with E-state index >= 15 is 0 Å². The summed E-state index contributed by atoms with van der Waals surface area (Å²) in [5.41, 5.74) is 2.67. The Labute approximate surface area is 234 Å². The quantitative estimate of drug-likeness (QED) is 0.204. The van der Waals surface area contributed by atoms with E-state index in [-0.39, 0.29) is 24.1 Å². The molecule has 2 N–H and O–H groups in total. The van der Waals surface area contributed by atoms with Crippen LogP contribution >= 0.6 is 23.1 Å². The van der Waals surface area contributed by atoms with Crippen molar-refractivity contribution in [3.63, 3.8) is 0 Å². The van der Waals surface area contributed by atoms with Crippen LogP contribution in [-0.2, 0) is 23.2 Å². The van der Waals surface area contributed by atoms with Crippen LogP contribution in [0.25, 0.3) is 17.3 Å². The van der Waals surface area contributed by atoms with Gasteiger partial charge in [-0.2, -0.15) is 0 Å². The van der Waals surface area contributed by atoms with E-state index in [2.05, 4.69) is 25.8 Å². The van der Waals surface area contributed by atoms with E-state index in [9.17, 15) is 9.59 Å². The van der Waals surface area contributed by atoms with E-state index in [1.807, 2.05) is 43.3 Å². The fraction of sp³-hybridized carbons (Fsp3) is 0.222. The monoisotopic (exact) mass is 564 g/mol. The molecule has 0 aliphatic heterocycles. The van der Waals surface area contributed by atoms with E-state index < -0.39 is 0 Å². The third-order valence-electron chi connectivity index (χ3n) is 5.60. The molecule has 0 saturated heterocycles. The van der Waals surface area contributed by atoms with Crippen LogP contribution in [0, 0.1) is 6.92 Å². The molecular weight excluding hydrogens is 536 g/mol. The Morgan fingerprint density at radius 2 is 1.85 bits per heavy atom. The number of rotatable bonds is 11. The fourth-order valence-corrected chi connectivity index (χ4v) is 5.16. The van der Waals surface area contributed by atoms with Crippen molar-refractivity contribution in [1.82, 2.24) is 25.1 Å². The van der Waals surface area contributed by atoms with Crippen LogP contribution in [0.5, 0.6) is 11.5 Å². The molecule has 2 heterocycles. The lowest BCUT2D eigenvalue weighted by atomic mass is 10.1. The fourth-order valence-electron chi connectivity index (χ4n) is 3.58. The first-order valence-electron chi connectivity index (χ1n) is 11.9. The predicted octanol–water partition coefficient (Wildman–Crippen LogP) is 4.32. The number of amides is 2. The van der Waals surface area contributed by atoms with Crippen molar-refractivity contribution in [2.24, 2.45) is 7.05 Å². The number of hydrogen-bond donors (Lipinski definition) is 2. The number of ether oxygens (including phenoxy) is 2. The van der Waals surface area contributed by atoms with E-state index in [4.69, 9.17) is 9.47 Å². The molecule has 2 aromatic heterocycles. The van der Waals surface area contributed by atoms with Crippen LogP contribution < -0.4 is 20.1 Å². The molecule has 10 nitrogen and oxygen atoms in total. The highest BCUT2D eigenvalue weighted by Crippen LogP contribution is 2.30. The molecule has 0 radical (unpaired) electrons. The Kier molecular flexibility index (Phi) is 9.34. The standard InChI is InChI=1S/C27H28N6O4S2/c1-17-25(19-8-6-5-7-9-19)30-26(39-17)29-24(35)16-38-27-32-31-22(33(27)2)15-28-23(34)13-11-18-10-12-20(36-3)21(14-18)37-4/h5-14H,15-16H2,1-4H3,(H,28,34)(H,29,30,35).